The summed E-state index contributed by atoms with van der Waals surface area (Å²) < 4.78 is 21.2. The molecule has 0 saturated carbocycles. The molecule has 1 aliphatic heterocycles. The van der Waals surface area contributed by atoms with Gasteiger partial charge in [-0.15, -0.1) is 0 Å². The summed E-state index contributed by atoms with van der Waals surface area (Å²) in [5, 5.41) is 18.9. The summed E-state index contributed by atoms with van der Waals surface area (Å²) >= 11 is 0. The maximum atomic E-state index is 13.6. The van der Waals surface area contributed by atoms with Crippen LogP contribution >= 0.6 is 0 Å². The maximum absolute atomic E-state index is 13.6. The highest BCUT2D eigenvalue weighted by Gasteiger charge is 2.53. The number of aryl methyl sites for hydroxylation is 4. The highest BCUT2D eigenvalue weighted by molar-refractivity contribution is 6.09. The second kappa shape index (κ2) is 13.2. The Bertz CT molecular complexity index is 2240. The van der Waals surface area contributed by atoms with Crippen LogP contribution in [0, 0.1) is 6.92 Å². The molecule has 15 heteroatoms. The Kier molecular flexibility index (Phi) is 8.91. The molecule has 0 unspecified atom stereocenters. The van der Waals surface area contributed by atoms with Crippen LogP contribution in [0.1, 0.15) is 54.3 Å². The molecule has 1 saturated heterocycles. The normalized spacial score (nSPS) is 15.6. The van der Waals surface area contributed by atoms with Crippen LogP contribution in [0.2, 0.25) is 0 Å². The van der Waals surface area contributed by atoms with Gasteiger partial charge < -0.3 is 49.0 Å². The second-order valence-corrected chi connectivity index (χ2v) is 12.6. The van der Waals surface area contributed by atoms with E-state index in [9.17, 15) is 29.1 Å². The quantitative estimate of drug-likeness (QED) is 0.115. The molecule has 51 heavy (non-hydrogen) atoms. The first-order valence-electron chi connectivity index (χ1n) is 15.8. The molecule has 4 N–H and O–H groups in total. The number of methoxy groups -OCH3 is 1. The topological polar surface area (TPSA) is 187 Å². The van der Waals surface area contributed by atoms with Gasteiger partial charge in [-0.1, -0.05) is 18.2 Å². The minimum absolute atomic E-state index is 0.00638. The number of rotatable bonds is 11. The predicted molar refractivity (Wildman–Crippen MR) is 187 cm³/mol. The van der Waals surface area contributed by atoms with Gasteiger partial charge in [0.2, 0.25) is 6.10 Å². The number of fused-ring (bicyclic) bond motifs is 1. The summed E-state index contributed by atoms with van der Waals surface area (Å²) in [6.45, 7) is 3.79. The zero-order valence-electron chi connectivity index (χ0n) is 28.7. The number of epoxide rings is 1. The number of benzene rings is 2. The lowest BCUT2D eigenvalue weighted by Gasteiger charge is -2.21. The highest BCUT2D eigenvalue weighted by Crippen LogP contribution is 2.35. The van der Waals surface area contributed by atoms with Crippen molar-refractivity contribution in [2.24, 2.45) is 21.1 Å². The zero-order chi connectivity index (χ0) is 36.8. The van der Waals surface area contributed by atoms with E-state index in [2.05, 4.69) is 16.0 Å². The number of aromatic nitrogens is 3. The Morgan fingerprint density at radius 3 is 1.84 bits per heavy atom. The van der Waals surface area contributed by atoms with E-state index in [4.69, 9.17) is 14.2 Å². The summed E-state index contributed by atoms with van der Waals surface area (Å²) in [6, 6.07) is 13.2. The van der Waals surface area contributed by atoms with Crippen molar-refractivity contribution in [1.29, 1.82) is 0 Å². The largest absolute Gasteiger partial charge is 0.497 e. The molecular weight excluding hydrogens is 660 g/mol. The van der Waals surface area contributed by atoms with Gasteiger partial charge in [0.1, 0.15) is 28.4 Å². The molecule has 6 rings (SSSR count). The van der Waals surface area contributed by atoms with Gasteiger partial charge in [0.25, 0.3) is 17.7 Å². The number of carboxylic acids is 1. The molecule has 0 spiro atoms. The van der Waals surface area contributed by atoms with E-state index < -0.39 is 41.4 Å². The number of ether oxygens (including phenoxy) is 3. The van der Waals surface area contributed by atoms with Crippen LogP contribution in [-0.2, 0) is 35.4 Å². The molecule has 2 atom stereocenters. The van der Waals surface area contributed by atoms with Crippen LogP contribution in [0.3, 0.4) is 0 Å². The van der Waals surface area contributed by atoms with E-state index in [1.165, 1.54) is 51.4 Å². The van der Waals surface area contributed by atoms with Crippen molar-refractivity contribution in [2.75, 3.05) is 29.7 Å². The summed E-state index contributed by atoms with van der Waals surface area (Å²) in [6.07, 6.45) is 3.25. The van der Waals surface area contributed by atoms with Gasteiger partial charge in [0.05, 0.1) is 36.3 Å². The average Bonchev–Trinajstić information content (AvgIpc) is 3.33. The van der Waals surface area contributed by atoms with Gasteiger partial charge in [0.15, 0.2) is 0 Å². The molecule has 0 bridgehead atoms. The lowest BCUT2D eigenvalue weighted by molar-refractivity contribution is -0.127. The van der Waals surface area contributed by atoms with E-state index in [-0.39, 0.29) is 34.9 Å². The van der Waals surface area contributed by atoms with Gasteiger partial charge in [-0.05, 0) is 60.5 Å². The first kappa shape index (κ1) is 34.5. The predicted octanol–water partition coefficient (Wildman–Crippen LogP) is 4.33. The molecule has 0 aliphatic carbocycles. The Morgan fingerprint density at radius 2 is 1.33 bits per heavy atom. The molecule has 4 heterocycles. The number of amides is 3. The van der Waals surface area contributed by atoms with Crippen LogP contribution < -0.4 is 20.7 Å². The number of nitrogens with zero attached hydrogens (tertiary/aromatic N) is 3. The molecule has 15 nitrogen and oxygen atoms in total. The number of hydrogen-bond acceptors (Lipinski definition) is 8. The molecule has 1 fully saturated rings. The van der Waals surface area contributed by atoms with E-state index in [1.54, 1.807) is 46.4 Å². The fourth-order valence-corrected chi connectivity index (χ4v) is 5.85. The lowest BCUT2D eigenvalue weighted by atomic mass is 10.00. The molecule has 264 valence electrons. The van der Waals surface area contributed by atoms with Crippen molar-refractivity contribution in [2.45, 2.75) is 25.6 Å². The van der Waals surface area contributed by atoms with Crippen LogP contribution in [0.5, 0.6) is 5.75 Å². The first-order chi connectivity index (χ1) is 24.2. The Balaban J connectivity index is 1.14. The molecule has 1 aliphatic rings. The molecule has 0 radical (unpaired) electrons. The SMILES string of the molecule is COc1cc(C(=O)O[C@@H](C(=O)Nc2cc(C(=O)Nc3cc(C(=O)Nc4cc(C(=O)O)n(C)c4)n(C)c3)n(C)c2)[C@@]2(C)CO2)c2cccc(C)c2c1. The summed E-state index contributed by atoms with van der Waals surface area (Å²) in [5.74, 6) is -3.07. The van der Waals surface area contributed by atoms with E-state index in [0.29, 0.717) is 22.5 Å². The molecular formula is C36H36N6O9. The third-order valence-corrected chi connectivity index (χ3v) is 8.74. The average molecular weight is 697 g/mol. The summed E-state index contributed by atoms with van der Waals surface area (Å²) in [7, 11) is 6.30. The molecule has 3 amide bonds. The van der Waals surface area contributed by atoms with Crippen molar-refractivity contribution < 1.29 is 43.3 Å². The number of esters is 1. The van der Waals surface area contributed by atoms with Crippen molar-refractivity contribution in [3.05, 3.63) is 95.3 Å². The molecule has 3 aromatic heterocycles. The number of carboxylic acid groups (broad SMARTS) is 1. The van der Waals surface area contributed by atoms with Gasteiger partial charge >= 0.3 is 11.9 Å². The third-order valence-electron chi connectivity index (χ3n) is 8.74. The zero-order valence-corrected chi connectivity index (χ0v) is 28.7. The van der Waals surface area contributed by atoms with Gasteiger partial charge in [0, 0.05) is 39.7 Å². The second-order valence-electron chi connectivity index (χ2n) is 12.6. The minimum atomic E-state index is -1.31. The number of carbonyl (C=O) groups is 5. The van der Waals surface area contributed by atoms with E-state index >= 15 is 0 Å². The summed E-state index contributed by atoms with van der Waals surface area (Å²) in [4.78, 5) is 64.8. The van der Waals surface area contributed by atoms with Gasteiger partial charge in [-0.3, -0.25) is 14.4 Å². The number of anilines is 3. The van der Waals surface area contributed by atoms with Crippen LogP contribution in [-0.4, -0.2) is 73.9 Å². The van der Waals surface area contributed by atoms with Crippen molar-refractivity contribution in [1.82, 2.24) is 13.7 Å². The monoisotopic (exact) mass is 696 g/mol. The lowest BCUT2D eigenvalue weighted by Crippen LogP contribution is -2.42. The number of nitrogens with one attached hydrogen (secondary N) is 3. The number of hydrogen-bond donors (Lipinski definition) is 4. The Hall–Kier alpha value is -6.35. The molecule has 2 aromatic carbocycles. The Morgan fingerprint density at radius 1 is 0.804 bits per heavy atom. The van der Waals surface area contributed by atoms with Crippen molar-refractivity contribution in [3.63, 3.8) is 0 Å². The molecule has 5 aromatic rings. The number of aromatic carboxylic acids is 1. The number of carbonyl (C=O) groups excluding carboxylic acids is 4. The van der Waals surface area contributed by atoms with E-state index in [1.807, 2.05) is 25.1 Å². The van der Waals surface area contributed by atoms with Crippen LogP contribution in [0.25, 0.3) is 10.8 Å². The fourth-order valence-electron chi connectivity index (χ4n) is 5.85. The van der Waals surface area contributed by atoms with Crippen molar-refractivity contribution >= 4 is 57.5 Å². The fraction of sp³-hybridized carbons (Fsp3) is 0.250. The first-order valence-corrected chi connectivity index (χ1v) is 15.8. The van der Waals surface area contributed by atoms with Gasteiger partial charge in [-0.2, -0.15) is 0 Å². The summed E-state index contributed by atoms with van der Waals surface area (Å²) in [5.41, 5.74) is 1.43. The Labute approximate surface area is 291 Å². The smallest absolute Gasteiger partial charge is 0.352 e. The van der Waals surface area contributed by atoms with Crippen LogP contribution in [0.4, 0.5) is 17.1 Å². The van der Waals surface area contributed by atoms with Crippen molar-refractivity contribution in [3.8, 4) is 5.75 Å². The maximum Gasteiger partial charge on any atom is 0.352 e. The third kappa shape index (κ3) is 6.91. The standard InChI is InChI=1S/C36H36N6O9/c1-19-8-7-9-24-25(19)13-23(49-6)14-26(24)35(48)51-30(36(2)18-50-36)33(45)39-21-11-28(41(4)16-21)31(43)37-20-10-27(40(3)15-20)32(44)38-22-12-29(34(46)47)42(5)17-22/h7-17,30H,18H2,1-6H3,(H,37,43)(H,38,44)(H,39,45)(H,46,47)/t30-,36+/m0/s1. The van der Waals surface area contributed by atoms with E-state index in [0.717, 1.165) is 10.9 Å². The van der Waals surface area contributed by atoms with Crippen LogP contribution in [0.15, 0.2) is 67.1 Å². The minimum Gasteiger partial charge on any atom is -0.497 e. The van der Waals surface area contributed by atoms with Gasteiger partial charge in [-0.25, -0.2) is 9.59 Å². The highest BCUT2D eigenvalue weighted by atomic mass is 16.6.